The van der Waals surface area contributed by atoms with Gasteiger partial charge in [0.1, 0.15) is 0 Å². The first-order chi connectivity index (χ1) is 13.1. The summed E-state index contributed by atoms with van der Waals surface area (Å²) in [5.41, 5.74) is 0. The van der Waals surface area contributed by atoms with E-state index in [-0.39, 0.29) is 18.3 Å². The molecule has 0 radical (unpaired) electrons. The SMILES string of the molecule is OC1CCC(C2CCCCC2)CC1.OC1CCCCC1.OC1CCCCC1. The van der Waals surface area contributed by atoms with Crippen LogP contribution in [0.1, 0.15) is 122 Å². The molecule has 3 N–H and O–H groups in total. The van der Waals surface area contributed by atoms with E-state index in [1.807, 2.05) is 0 Å². The van der Waals surface area contributed by atoms with E-state index in [0.29, 0.717) is 0 Å². The average Bonchev–Trinajstić information content (AvgIpc) is 2.71. The zero-order valence-corrected chi connectivity index (χ0v) is 17.7. The predicted molar refractivity (Wildman–Crippen MR) is 113 cm³/mol. The second kappa shape index (κ2) is 14.0. The van der Waals surface area contributed by atoms with Crippen molar-refractivity contribution >= 4 is 0 Å². The van der Waals surface area contributed by atoms with Crippen molar-refractivity contribution in [1.82, 2.24) is 0 Å². The number of hydrogen-bond donors (Lipinski definition) is 3. The Labute approximate surface area is 168 Å². The Kier molecular flexibility index (Phi) is 12.0. The highest BCUT2D eigenvalue weighted by atomic mass is 16.3. The largest absolute Gasteiger partial charge is 0.393 e. The fourth-order valence-corrected chi connectivity index (χ4v) is 5.34. The Hall–Kier alpha value is -0.120. The molecule has 3 heteroatoms. The minimum absolute atomic E-state index is 0.0276. The van der Waals surface area contributed by atoms with Crippen LogP contribution in [0, 0.1) is 11.8 Å². The van der Waals surface area contributed by atoms with E-state index in [1.165, 1.54) is 83.5 Å². The number of hydrogen-bond acceptors (Lipinski definition) is 3. The molecule has 0 bridgehead atoms. The summed E-state index contributed by atoms with van der Waals surface area (Å²) < 4.78 is 0. The summed E-state index contributed by atoms with van der Waals surface area (Å²) >= 11 is 0. The molecule has 0 aliphatic heterocycles. The molecule has 4 rings (SSSR count). The van der Waals surface area contributed by atoms with Crippen LogP contribution >= 0.6 is 0 Å². The summed E-state index contributed by atoms with van der Waals surface area (Å²) in [5.74, 6) is 1.98. The number of aliphatic hydroxyl groups is 3. The van der Waals surface area contributed by atoms with E-state index in [0.717, 1.165) is 50.4 Å². The van der Waals surface area contributed by atoms with Gasteiger partial charge in [0.15, 0.2) is 0 Å². The van der Waals surface area contributed by atoms with Gasteiger partial charge in [-0.2, -0.15) is 0 Å². The first-order valence-corrected chi connectivity index (χ1v) is 12.2. The topological polar surface area (TPSA) is 60.7 Å². The van der Waals surface area contributed by atoms with E-state index in [4.69, 9.17) is 10.2 Å². The van der Waals surface area contributed by atoms with Crippen LogP contribution in [0.15, 0.2) is 0 Å². The van der Waals surface area contributed by atoms with Crippen molar-refractivity contribution in [2.45, 2.75) is 140 Å². The van der Waals surface area contributed by atoms with Crippen molar-refractivity contribution in [3.8, 4) is 0 Å². The van der Waals surface area contributed by atoms with Gasteiger partial charge in [0.05, 0.1) is 18.3 Å². The van der Waals surface area contributed by atoms with Gasteiger partial charge in [0.25, 0.3) is 0 Å². The zero-order valence-electron chi connectivity index (χ0n) is 17.7. The smallest absolute Gasteiger partial charge is 0.0540 e. The lowest BCUT2D eigenvalue weighted by atomic mass is 9.73. The van der Waals surface area contributed by atoms with Crippen LogP contribution in [-0.2, 0) is 0 Å². The number of rotatable bonds is 1. The molecule has 3 nitrogen and oxygen atoms in total. The van der Waals surface area contributed by atoms with E-state index in [2.05, 4.69) is 0 Å². The molecule has 0 unspecified atom stereocenters. The predicted octanol–water partition coefficient (Wildman–Crippen LogP) is 5.74. The van der Waals surface area contributed by atoms with Gasteiger partial charge >= 0.3 is 0 Å². The minimum Gasteiger partial charge on any atom is -0.393 e. The van der Waals surface area contributed by atoms with Crippen LogP contribution in [-0.4, -0.2) is 33.6 Å². The minimum atomic E-state index is 0.0276. The maximum atomic E-state index is 9.43. The molecule has 4 aliphatic carbocycles. The standard InChI is InChI=1S/C12H22O.2C6H12O/c13-12-8-6-11(7-9-12)10-4-2-1-3-5-10;2*7-6-4-2-1-3-5-6/h10-13H,1-9H2;2*6-7H,1-5H2. The van der Waals surface area contributed by atoms with Gasteiger partial charge in [-0.3, -0.25) is 0 Å². The van der Waals surface area contributed by atoms with Crippen molar-refractivity contribution in [2.75, 3.05) is 0 Å². The Morgan fingerprint density at radius 3 is 0.926 bits per heavy atom. The highest BCUT2D eigenvalue weighted by molar-refractivity contribution is 4.79. The highest BCUT2D eigenvalue weighted by Crippen LogP contribution is 2.38. The summed E-state index contributed by atoms with van der Waals surface area (Å²) in [6.07, 6.45) is 23.9. The molecule has 0 heterocycles. The fraction of sp³-hybridized carbons (Fsp3) is 1.00. The van der Waals surface area contributed by atoms with Crippen LogP contribution in [0.3, 0.4) is 0 Å². The van der Waals surface area contributed by atoms with Gasteiger partial charge in [0.2, 0.25) is 0 Å². The lowest BCUT2D eigenvalue weighted by Crippen LogP contribution is -2.25. The highest BCUT2D eigenvalue weighted by Gasteiger charge is 2.27. The first-order valence-electron chi connectivity index (χ1n) is 12.2. The van der Waals surface area contributed by atoms with E-state index in [9.17, 15) is 5.11 Å². The third-order valence-corrected chi connectivity index (χ3v) is 7.21. The molecule has 0 aromatic rings. The second-order valence-electron chi connectivity index (χ2n) is 9.55. The maximum absolute atomic E-state index is 9.43. The van der Waals surface area contributed by atoms with Gasteiger partial charge in [-0.05, 0) is 63.2 Å². The summed E-state index contributed by atoms with van der Waals surface area (Å²) in [6, 6.07) is 0. The Bertz CT molecular complexity index is 318. The summed E-state index contributed by atoms with van der Waals surface area (Å²) in [6.45, 7) is 0. The lowest BCUT2D eigenvalue weighted by molar-refractivity contribution is 0.0822. The molecular weight excluding hydrogens is 336 g/mol. The van der Waals surface area contributed by atoms with Gasteiger partial charge in [-0.1, -0.05) is 70.6 Å². The third kappa shape index (κ3) is 10.3. The summed E-state index contributed by atoms with van der Waals surface area (Å²) in [4.78, 5) is 0. The van der Waals surface area contributed by atoms with Crippen molar-refractivity contribution in [1.29, 1.82) is 0 Å². The summed E-state index contributed by atoms with van der Waals surface area (Å²) in [5, 5.41) is 27.2. The van der Waals surface area contributed by atoms with E-state index >= 15 is 0 Å². The Balaban J connectivity index is 0.000000159. The molecular formula is C24H46O3. The van der Waals surface area contributed by atoms with Crippen LogP contribution in [0.2, 0.25) is 0 Å². The molecule has 0 amide bonds. The lowest BCUT2D eigenvalue weighted by Gasteiger charge is -2.34. The van der Waals surface area contributed by atoms with Crippen molar-refractivity contribution in [2.24, 2.45) is 11.8 Å². The van der Waals surface area contributed by atoms with E-state index < -0.39 is 0 Å². The quantitative estimate of drug-likeness (QED) is 0.542. The Morgan fingerprint density at radius 1 is 0.296 bits per heavy atom. The maximum Gasteiger partial charge on any atom is 0.0540 e. The third-order valence-electron chi connectivity index (χ3n) is 7.21. The van der Waals surface area contributed by atoms with Crippen LogP contribution < -0.4 is 0 Å². The first kappa shape index (κ1) is 23.2. The molecule has 0 atom stereocenters. The molecule has 0 saturated heterocycles. The zero-order chi connectivity index (χ0) is 19.3. The van der Waals surface area contributed by atoms with Crippen LogP contribution in [0.4, 0.5) is 0 Å². The molecule has 4 aliphatic rings. The van der Waals surface area contributed by atoms with Gasteiger partial charge in [-0.15, -0.1) is 0 Å². The van der Waals surface area contributed by atoms with Gasteiger partial charge in [0, 0.05) is 0 Å². The Morgan fingerprint density at radius 2 is 0.593 bits per heavy atom. The molecule has 0 spiro atoms. The molecule has 4 saturated carbocycles. The van der Waals surface area contributed by atoms with Crippen molar-refractivity contribution in [3.63, 3.8) is 0 Å². The van der Waals surface area contributed by atoms with Crippen LogP contribution in [0.25, 0.3) is 0 Å². The molecule has 0 aromatic carbocycles. The number of aliphatic hydroxyl groups excluding tert-OH is 3. The van der Waals surface area contributed by atoms with Crippen molar-refractivity contribution < 1.29 is 15.3 Å². The van der Waals surface area contributed by atoms with Crippen LogP contribution in [0.5, 0.6) is 0 Å². The molecule has 160 valence electrons. The summed E-state index contributed by atoms with van der Waals surface area (Å²) in [7, 11) is 0. The second-order valence-corrected chi connectivity index (χ2v) is 9.55. The van der Waals surface area contributed by atoms with E-state index in [1.54, 1.807) is 0 Å². The fourth-order valence-electron chi connectivity index (χ4n) is 5.34. The molecule has 4 fully saturated rings. The molecule has 27 heavy (non-hydrogen) atoms. The molecule has 0 aromatic heterocycles. The van der Waals surface area contributed by atoms with Gasteiger partial charge < -0.3 is 15.3 Å². The average molecular weight is 383 g/mol. The normalized spacial score (nSPS) is 31.2. The monoisotopic (exact) mass is 382 g/mol. The van der Waals surface area contributed by atoms with Crippen molar-refractivity contribution in [3.05, 3.63) is 0 Å². The van der Waals surface area contributed by atoms with Gasteiger partial charge in [-0.25, -0.2) is 0 Å².